The Morgan fingerprint density at radius 1 is 0.860 bits per heavy atom. The Bertz CT molecular complexity index is 2120. The van der Waals surface area contributed by atoms with Crippen LogP contribution < -0.4 is 33.7 Å². The molecular formula is C37H34N4O9. The molecule has 3 heterocycles. The normalized spacial score (nSPS) is 20.1. The highest BCUT2D eigenvalue weighted by molar-refractivity contribution is 5.88. The van der Waals surface area contributed by atoms with Crippen LogP contribution in [0.25, 0.3) is 22.0 Å². The fraction of sp³-hybridized carbons (Fsp3) is 0.297. The minimum absolute atomic E-state index is 0.0685. The second-order valence-electron chi connectivity index (χ2n) is 12.4. The van der Waals surface area contributed by atoms with Gasteiger partial charge in [-0.25, -0.2) is 4.68 Å². The molecule has 0 bridgehead atoms. The molecule has 3 aliphatic rings. The average Bonchev–Trinajstić information content (AvgIpc) is 3.90. The predicted molar refractivity (Wildman–Crippen MR) is 179 cm³/mol. The van der Waals surface area contributed by atoms with Crippen molar-refractivity contribution in [2.24, 2.45) is 11.8 Å². The standard InChI is InChI=1S/C37H34N4O9/c1-44-23-8-7-19-9-21(6-5-20(19)10-23)27-15-41(40-39-27)16-32(42)38-35-25-14-29-28(49-18-50-29)13-24(25)33(34-26(35)17-48-37(34)43)22-11-30(45-2)36(47-4)31(12-22)46-3/h5-15,26,33-35H,16-18H2,1-4H3,(H,38,42)/t26-,33+,34-,35+/m0/s1. The van der Waals surface area contributed by atoms with Crippen LogP contribution in [0.4, 0.5) is 0 Å². The number of cyclic esters (lactones) is 1. The highest BCUT2D eigenvalue weighted by Gasteiger charge is 2.53. The van der Waals surface area contributed by atoms with E-state index >= 15 is 0 Å². The third kappa shape index (κ3) is 5.25. The van der Waals surface area contributed by atoms with Gasteiger partial charge in [-0.3, -0.25) is 9.59 Å². The molecule has 1 saturated heterocycles. The Kier molecular flexibility index (Phi) is 7.81. The molecule has 1 fully saturated rings. The minimum atomic E-state index is -0.623. The van der Waals surface area contributed by atoms with Crippen LogP contribution in [0, 0.1) is 11.8 Å². The monoisotopic (exact) mass is 678 g/mol. The van der Waals surface area contributed by atoms with Crippen LogP contribution in [0.5, 0.6) is 34.5 Å². The van der Waals surface area contributed by atoms with Crippen molar-refractivity contribution in [2.75, 3.05) is 41.8 Å². The molecule has 1 N–H and O–H groups in total. The second-order valence-corrected chi connectivity index (χ2v) is 12.4. The molecule has 0 saturated carbocycles. The zero-order valence-corrected chi connectivity index (χ0v) is 27.8. The number of benzene rings is 4. The lowest BCUT2D eigenvalue weighted by Gasteiger charge is -2.39. The first kappa shape index (κ1) is 31.3. The topological polar surface area (TPSA) is 141 Å². The van der Waals surface area contributed by atoms with E-state index < -0.39 is 17.9 Å². The third-order valence-corrected chi connectivity index (χ3v) is 9.74. The van der Waals surface area contributed by atoms with Crippen LogP contribution in [0.2, 0.25) is 0 Å². The maximum absolute atomic E-state index is 13.7. The van der Waals surface area contributed by atoms with Gasteiger partial charge in [0.25, 0.3) is 0 Å². The van der Waals surface area contributed by atoms with Gasteiger partial charge < -0.3 is 38.5 Å². The Balaban J connectivity index is 1.11. The Morgan fingerprint density at radius 3 is 2.30 bits per heavy atom. The number of esters is 1. The number of carbonyl (C=O) groups excluding carboxylic acids is 2. The van der Waals surface area contributed by atoms with Crippen molar-refractivity contribution in [3.05, 3.63) is 83.6 Å². The predicted octanol–water partition coefficient (Wildman–Crippen LogP) is 4.65. The van der Waals surface area contributed by atoms with Gasteiger partial charge in [-0.2, -0.15) is 0 Å². The van der Waals surface area contributed by atoms with Crippen LogP contribution in [0.3, 0.4) is 0 Å². The smallest absolute Gasteiger partial charge is 0.310 e. The quantitative estimate of drug-likeness (QED) is 0.218. The third-order valence-electron chi connectivity index (χ3n) is 9.74. The number of aromatic nitrogens is 3. The molecule has 1 aliphatic carbocycles. The summed E-state index contributed by atoms with van der Waals surface area (Å²) >= 11 is 0. The van der Waals surface area contributed by atoms with Gasteiger partial charge in [-0.05, 0) is 69.9 Å². The average molecular weight is 679 g/mol. The van der Waals surface area contributed by atoms with Gasteiger partial charge in [0.1, 0.15) is 18.0 Å². The van der Waals surface area contributed by atoms with Crippen molar-refractivity contribution in [1.82, 2.24) is 20.3 Å². The Hall–Kier alpha value is -5.98. The minimum Gasteiger partial charge on any atom is -0.497 e. The summed E-state index contributed by atoms with van der Waals surface area (Å²) in [4.78, 5) is 27.3. The second kappa shape index (κ2) is 12.5. The summed E-state index contributed by atoms with van der Waals surface area (Å²) in [5.41, 5.74) is 3.86. The van der Waals surface area contributed by atoms with E-state index in [-0.39, 0.29) is 37.7 Å². The van der Waals surface area contributed by atoms with Gasteiger partial charge in [-0.15, -0.1) is 5.10 Å². The van der Waals surface area contributed by atoms with Crippen LogP contribution in [-0.2, 0) is 20.9 Å². The van der Waals surface area contributed by atoms with Crippen molar-refractivity contribution in [3.63, 3.8) is 0 Å². The van der Waals surface area contributed by atoms with Crippen LogP contribution in [0.15, 0.2) is 66.9 Å². The van der Waals surface area contributed by atoms with Crippen molar-refractivity contribution >= 4 is 22.6 Å². The van der Waals surface area contributed by atoms with E-state index in [9.17, 15) is 9.59 Å². The molecule has 1 aromatic heterocycles. The molecule has 1 amide bonds. The molecule has 0 unspecified atom stereocenters. The number of hydrogen-bond acceptors (Lipinski definition) is 11. The van der Waals surface area contributed by atoms with Gasteiger partial charge >= 0.3 is 5.97 Å². The molecule has 0 spiro atoms. The van der Waals surface area contributed by atoms with Gasteiger partial charge in [0.15, 0.2) is 23.0 Å². The maximum atomic E-state index is 13.7. The summed E-state index contributed by atoms with van der Waals surface area (Å²) in [6.07, 6.45) is 1.74. The maximum Gasteiger partial charge on any atom is 0.310 e. The lowest BCUT2D eigenvalue weighted by atomic mass is 9.65. The van der Waals surface area contributed by atoms with Gasteiger partial charge in [0, 0.05) is 17.4 Å². The summed E-state index contributed by atoms with van der Waals surface area (Å²) in [6, 6.07) is 18.7. The van der Waals surface area contributed by atoms with E-state index in [1.54, 1.807) is 27.5 Å². The van der Waals surface area contributed by atoms with Crippen molar-refractivity contribution in [2.45, 2.75) is 18.5 Å². The molecule has 4 aromatic carbocycles. The highest BCUT2D eigenvalue weighted by atomic mass is 16.7. The van der Waals surface area contributed by atoms with Gasteiger partial charge in [-0.1, -0.05) is 23.4 Å². The first-order valence-corrected chi connectivity index (χ1v) is 16.1. The number of amides is 1. The fourth-order valence-corrected chi connectivity index (χ4v) is 7.41. The number of nitrogens with zero attached hydrogens (tertiary/aromatic N) is 3. The van der Waals surface area contributed by atoms with Gasteiger partial charge in [0.2, 0.25) is 18.4 Å². The summed E-state index contributed by atoms with van der Waals surface area (Å²) < 4.78 is 40.9. The van der Waals surface area contributed by atoms with Crippen molar-refractivity contribution < 1.29 is 42.7 Å². The zero-order valence-electron chi connectivity index (χ0n) is 27.8. The fourth-order valence-electron chi connectivity index (χ4n) is 7.41. The summed E-state index contributed by atoms with van der Waals surface area (Å²) in [5.74, 6) is 1.12. The molecule has 13 nitrogen and oxygen atoms in total. The zero-order chi connectivity index (χ0) is 34.5. The molecule has 5 aromatic rings. The lowest BCUT2D eigenvalue weighted by Crippen LogP contribution is -2.43. The summed E-state index contributed by atoms with van der Waals surface area (Å²) in [6.45, 7) is 0.111. The molecule has 50 heavy (non-hydrogen) atoms. The molecular weight excluding hydrogens is 644 g/mol. The number of fused-ring (bicyclic) bond motifs is 4. The molecule has 2 aliphatic heterocycles. The van der Waals surface area contributed by atoms with Crippen LogP contribution in [-0.4, -0.2) is 68.7 Å². The number of ether oxygens (including phenoxy) is 7. The van der Waals surface area contributed by atoms with Crippen molar-refractivity contribution in [1.29, 1.82) is 0 Å². The Morgan fingerprint density at radius 2 is 1.58 bits per heavy atom. The molecule has 13 heteroatoms. The SMILES string of the molecule is COc1ccc2cc(-c3cn(CC(=O)N[C@@H]4c5cc6c(cc5[C@@H](c5cc(OC)c(OC)c(OC)c5)[C@H]5C(=O)OC[C@@H]54)OCO6)nn3)ccc2c1. The Labute approximate surface area is 286 Å². The number of nitrogens with one attached hydrogen (secondary N) is 1. The first-order chi connectivity index (χ1) is 24.4. The largest absolute Gasteiger partial charge is 0.497 e. The highest BCUT2D eigenvalue weighted by Crippen LogP contribution is 2.55. The van der Waals surface area contributed by atoms with E-state index in [1.165, 1.54) is 11.8 Å². The number of hydrogen-bond donors (Lipinski definition) is 1. The van der Waals surface area contributed by atoms with E-state index in [4.69, 9.17) is 33.2 Å². The number of carbonyl (C=O) groups is 2. The molecule has 0 radical (unpaired) electrons. The van der Waals surface area contributed by atoms with Gasteiger partial charge in [0.05, 0.1) is 53.2 Å². The summed E-state index contributed by atoms with van der Waals surface area (Å²) in [7, 11) is 6.27. The van der Waals surface area contributed by atoms with Crippen LogP contribution >= 0.6 is 0 Å². The van der Waals surface area contributed by atoms with Crippen molar-refractivity contribution in [3.8, 4) is 45.8 Å². The molecule has 8 rings (SSSR count). The first-order valence-electron chi connectivity index (χ1n) is 16.1. The van der Waals surface area contributed by atoms with Crippen LogP contribution in [0.1, 0.15) is 28.7 Å². The molecule has 4 atom stereocenters. The summed E-state index contributed by atoms with van der Waals surface area (Å²) in [5, 5.41) is 13.8. The number of methoxy groups -OCH3 is 4. The van der Waals surface area contributed by atoms with E-state index in [0.29, 0.717) is 34.4 Å². The van der Waals surface area contributed by atoms with E-state index in [0.717, 1.165) is 38.8 Å². The van der Waals surface area contributed by atoms with E-state index in [1.807, 2.05) is 60.7 Å². The number of rotatable bonds is 9. The van der Waals surface area contributed by atoms with E-state index in [2.05, 4.69) is 15.6 Å². The molecule has 256 valence electrons. The lowest BCUT2D eigenvalue weighted by molar-refractivity contribution is -0.141.